The van der Waals surface area contributed by atoms with E-state index in [-0.39, 0.29) is 11.5 Å². The van der Waals surface area contributed by atoms with Gasteiger partial charge in [-0.3, -0.25) is 4.79 Å². The Labute approximate surface area is 74.2 Å². The van der Waals surface area contributed by atoms with Crippen molar-refractivity contribution in [2.75, 3.05) is 0 Å². The summed E-state index contributed by atoms with van der Waals surface area (Å²) >= 11 is 0. The van der Waals surface area contributed by atoms with Crippen LogP contribution in [-0.4, -0.2) is 31.9 Å². The summed E-state index contributed by atoms with van der Waals surface area (Å²) in [5.41, 5.74) is -0.0808. The highest BCUT2D eigenvalue weighted by Gasteiger charge is 2.18. The Balaban J connectivity index is 3.07. The highest BCUT2D eigenvalue weighted by molar-refractivity contribution is 5.87. The normalized spacial score (nSPS) is 12.5. The van der Waals surface area contributed by atoms with Crippen molar-refractivity contribution in [1.29, 1.82) is 0 Å². The van der Waals surface area contributed by atoms with Crippen molar-refractivity contribution >= 4 is 11.8 Å². The van der Waals surface area contributed by atoms with Gasteiger partial charge in [0.2, 0.25) is 0 Å². The van der Waals surface area contributed by atoms with E-state index in [1.54, 1.807) is 6.92 Å². The largest absolute Gasteiger partial charge is 0.476 e. The number of carboxylic acids is 1. The number of aromatic carboxylic acids is 1. The van der Waals surface area contributed by atoms with Crippen LogP contribution in [0.15, 0.2) is 6.20 Å². The minimum atomic E-state index is -1.14. The second kappa shape index (κ2) is 3.34. The molecular weight excluding hydrogens is 174 g/mol. The average molecular weight is 183 g/mol. The monoisotopic (exact) mass is 183 g/mol. The van der Waals surface area contributed by atoms with Crippen LogP contribution in [0.5, 0.6) is 0 Å². The number of carbonyl (C=O) groups excluding carboxylic acids is 1. The van der Waals surface area contributed by atoms with Gasteiger partial charge in [-0.2, -0.15) is 0 Å². The van der Waals surface area contributed by atoms with Crippen LogP contribution in [0, 0.1) is 0 Å². The fourth-order valence-corrected chi connectivity index (χ4v) is 0.855. The minimum Gasteiger partial charge on any atom is -0.476 e. The van der Waals surface area contributed by atoms with Gasteiger partial charge in [0.25, 0.3) is 0 Å². The van der Waals surface area contributed by atoms with Gasteiger partial charge in [-0.05, 0) is 13.8 Å². The highest BCUT2D eigenvalue weighted by atomic mass is 16.4. The van der Waals surface area contributed by atoms with E-state index in [0.717, 1.165) is 10.9 Å². The van der Waals surface area contributed by atoms with E-state index in [1.807, 2.05) is 0 Å². The predicted molar refractivity (Wildman–Crippen MR) is 42.4 cm³/mol. The van der Waals surface area contributed by atoms with E-state index in [2.05, 4.69) is 10.3 Å². The van der Waals surface area contributed by atoms with Crippen LogP contribution in [0.3, 0.4) is 0 Å². The molecule has 0 saturated carbocycles. The molecule has 0 aliphatic heterocycles. The fraction of sp³-hybridized carbons (Fsp3) is 0.429. The molecule has 0 radical (unpaired) electrons. The number of rotatable bonds is 3. The summed E-state index contributed by atoms with van der Waals surface area (Å²) in [5.74, 6) is -1.30. The lowest BCUT2D eigenvalue weighted by Crippen LogP contribution is -2.19. The average Bonchev–Trinajstić information content (AvgIpc) is 2.50. The van der Waals surface area contributed by atoms with Crippen LogP contribution in [0.4, 0.5) is 0 Å². The van der Waals surface area contributed by atoms with Crippen LogP contribution in [0.1, 0.15) is 30.4 Å². The first-order chi connectivity index (χ1) is 6.04. The van der Waals surface area contributed by atoms with Crippen LogP contribution >= 0.6 is 0 Å². The van der Waals surface area contributed by atoms with Gasteiger partial charge in [-0.15, -0.1) is 5.10 Å². The molecule has 6 heteroatoms. The van der Waals surface area contributed by atoms with E-state index in [0.29, 0.717) is 0 Å². The first-order valence-electron chi connectivity index (χ1n) is 3.68. The summed E-state index contributed by atoms with van der Waals surface area (Å²) in [5, 5.41) is 15.6. The zero-order valence-electron chi connectivity index (χ0n) is 7.26. The second-order valence-electron chi connectivity index (χ2n) is 2.66. The maximum atomic E-state index is 10.9. The zero-order chi connectivity index (χ0) is 10.0. The molecule has 1 rings (SSSR count). The van der Waals surface area contributed by atoms with Crippen molar-refractivity contribution < 1.29 is 14.7 Å². The molecule has 13 heavy (non-hydrogen) atoms. The van der Waals surface area contributed by atoms with Gasteiger partial charge >= 0.3 is 5.97 Å². The quantitative estimate of drug-likeness (QED) is 0.719. The minimum absolute atomic E-state index is 0.0808. The van der Waals surface area contributed by atoms with Crippen LogP contribution < -0.4 is 0 Å². The molecule has 6 nitrogen and oxygen atoms in total. The van der Waals surface area contributed by atoms with Crippen LogP contribution in [-0.2, 0) is 4.79 Å². The van der Waals surface area contributed by atoms with Gasteiger partial charge in [0, 0.05) is 0 Å². The lowest BCUT2D eigenvalue weighted by Gasteiger charge is -2.08. The number of Topliss-reactive ketones (excluding diaryl/α,β-unsaturated/α-hetero) is 1. The molecule has 0 aliphatic carbocycles. The van der Waals surface area contributed by atoms with E-state index in [1.165, 1.54) is 6.92 Å². The van der Waals surface area contributed by atoms with Crippen molar-refractivity contribution in [1.82, 2.24) is 15.0 Å². The number of hydrogen-bond acceptors (Lipinski definition) is 4. The van der Waals surface area contributed by atoms with Crippen molar-refractivity contribution in [2.24, 2.45) is 0 Å². The molecule has 1 heterocycles. The Morgan fingerprint density at radius 1 is 1.62 bits per heavy atom. The van der Waals surface area contributed by atoms with Crippen molar-refractivity contribution in [3.63, 3.8) is 0 Å². The smallest absolute Gasteiger partial charge is 0.355 e. The summed E-state index contributed by atoms with van der Waals surface area (Å²) < 4.78 is 1.09. The van der Waals surface area contributed by atoms with Gasteiger partial charge in [-0.1, -0.05) is 5.21 Å². The first-order valence-corrected chi connectivity index (χ1v) is 3.68. The van der Waals surface area contributed by atoms with Crippen LogP contribution in [0.25, 0.3) is 0 Å². The van der Waals surface area contributed by atoms with E-state index < -0.39 is 12.0 Å². The molecule has 0 amide bonds. The first kappa shape index (κ1) is 9.37. The third-order valence-electron chi connectivity index (χ3n) is 1.75. The molecule has 0 saturated heterocycles. The maximum Gasteiger partial charge on any atom is 0.355 e. The number of aromatic nitrogens is 3. The molecule has 1 atom stereocenters. The van der Waals surface area contributed by atoms with Gasteiger partial charge in [0.15, 0.2) is 11.5 Å². The predicted octanol–water partition coefficient (Wildman–Crippen LogP) is 0.126. The summed E-state index contributed by atoms with van der Waals surface area (Å²) in [7, 11) is 0. The SMILES string of the molecule is CC(=O)C(C)n1nncc1C(=O)O. The van der Waals surface area contributed by atoms with Gasteiger partial charge < -0.3 is 5.11 Å². The third-order valence-corrected chi connectivity index (χ3v) is 1.75. The topological polar surface area (TPSA) is 85.1 Å². The van der Waals surface area contributed by atoms with Crippen molar-refractivity contribution in [3.8, 4) is 0 Å². The molecular formula is C7H9N3O3. The Bertz CT molecular complexity index is 345. The standard InChI is InChI=1S/C7H9N3O3/c1-4(5(2)11)10-6(7(12)13)3-8-9-10/h3-4H,1-2H3,(H,12,13). The van der Waals surface area contributed by atoms with Gasteiger partial charge in [0.05, 0.1) is 6.20 Å². The fourth-order valence-electron chi connectivity index (χ4n) is 0.855. The van der Waals surface area contributed by atoms with E-state index in [9.17, 15) is 9.59 Å². The molecule has 1 unspecified atom stereocenters. The Morgan fingerprint density at radius 3 is 2.69 bits per heavy atom. The summed E-state index contributed by atoms with van der Waals surface area (Å²) in [6.45, 7) is 2.95. The maximum absolute atomic E-state index is 10.9. The Morgan fingerprint density at radius 2 is 2.23 bits per heavy atom. The van der Waals surface area contributed by atoms with E-state index in [4.69, 9.17) is 5.11 Å². The molecule has 0 aromatic carbocycles. The molecule has 1 aromatic rings. The molecule has 0 fully saturated rings. The van der Waals surface area contributed by atoms with Crippen LogP contribution in [0.2, 0.25) is 0 Å². The van der Waals surface area contributed by atoms with E-state index >= 15 is 0 Å². The molecule has 1 aromatic heterocycles. The lowest BCUT2D eigenvalue weighted by atomic mass is 10.2. The lowest BCUT2D eigenvalue weighted by molar-refractivity contribution is -0.119. The summed E-state index contributed by atoms with van der Waals surface area (Å²) in [6.07, 6.45) is 1.11. The van der Waals surface area contributed by atoms with Gasteiger partial charge in [-0.25, -0.2) is 9.48 Å². The molecule has 70 valence electrons. The van der Waals surface area contributed by atoms with Crippen molar-refractivity contribution in [3.05, 3.63) is 11.9 Å². The zero-order valence-corrected chi connectivity index (χ0v) is 7.26. The van der Waals surface area contributed by atoms with Crippen molar-refractivity contribution in [2.45, 2.75) is 19.9 Å². The molecule has 1 N–H and O–H groups in total. The Hall–Kier alpha value is -1.72. The molecule has 0 bridgehead atoms. The number of ketones is 1. The number of hydrogen-bond donors (Lipinski definition) is 1. The number of nitrogens with zero attached hydrogens (tertiary/aromatic N) is 3. The highest BCUT2D eigenvalue weighted by Crippen LogP contribution is 2.08. The van der Waals surface area contributed by atoms with Gasteiger partial charge in [0.1, 0.15) is 6.04 Å². The summed E-state index contributed by atoms with van der Waals surface area (Å²) in [4.78, 5) is 21.5. The third kappa shape index (κ3) is 1.71. The number of carboxylic acid groups (broad SMARTS) is 1. The molecule has 0 aliphatic rings. The molecule has 0 spiro atoms. The second-order valence-corrected chi connectivity index (χ2v) is 2.66. The summed E-state index contributed by atoms with van der Waals surface area (Å²) in [6, 6.07) is -0.589. The Kier molecular flexibility index (Phi) is 2.41. The number of carbonyl (C=O) groups is 2.